The number of benzene rings is 1. The highest BCUT2D eigenvalue weighted by atomic mass is 19.3. The lowest BCUT2D eigenvalue weighted by Gasteiger charge is -2.16. The van der Waals surface area contributed by atoms with Crippen LogP contribution in [0.15, 0.2) is 42.7 Å². The van der Waals surface area contributed by atoms with Gasteiger partial charge < -0.3 is 15.4 Å². The monoisotopic (exact) mass is 352 g/mol. The third-order valence-electron chi connectivity index (χ3n) is 3.19. The minimum Gasteiger partial charge on any atom is -0.433 e. The van der Waals surface area contributed by atoms with Crippen LogP contribution in [-0.4, -0.2) is 22.5 Å². The number of nitro benzene ring substituents is 1. The Balaban J connectivity index is 2.15. The van der Waals surface area contributed by atoms with Gasteiger partial charge in [-0.2, -0.15) is 8.78 Å². The number of nitrogens with zero attached hydrogens (tertiary/aromatic N) is 2. The summed E-state index contributed by atoms with van der Waals surface area (Å²) in [5, 5.41) is 15.7. The molecule has 8 nitrogen and oxygen atoms in total. The van der Waals surface area contributed by atoms with Gasteiger partial charge in [0.2, 0.25) is 0 Å². The molecule has 1 aromatic carbocycles. The molecule has 2 amide bonds. The number of non-ortho nitro benzene ring substituents is 1. The number of hydrogen-bond acceptors (Lipinski definition) is 5. The molecule has 1 heterocycles. The third-order valence-corrected chi connectivity index (χ3v) is 3.19. The lowest BCUT2D eigenvalue weighted by molar-refractivity contribution is -0.384. The molecule has 1 unspecified atom stereocenters. The van der Waals surface area contributed by atoms with Gasteiger partial charge in [-0.1, -0.05) is 0 Å². The molecule has 0 saturated carbocycles. The van der Waals surface area contributed by atoms with Gasteiger partial charge in [0.1, 0.15) is 5.75 Å². The Hall–Kier alpha value is -3.30. The summed E-state index contributed by atoms with van der Waals surface area (Å²) >= 11 is 0. The quantitative estimate of drug-likeness (QED) is 0.611. The molecule has 132 valence electrons. The number of carbonyl (C=O) groups is 1. The van der Waals surface area contributed by atoms with Crippen molar-refractivity contribution in [2.24, 2.45) is 0 Å². The second-order valence-electron chi connectivity index (χ2n) is 4.92. The largest absolute Gasteiger partial charge is 0.433 e. The van der Waals surface area contributed by atoms with Gasteiger partial charge in [0.15, 0.2) is 0 Å². The van der Waals surface area contributed by atoms with Crippen LogP contribution in [0.25, 0.3) is 0 Å². The lowest BCUT2D eigenvalue weighted by Crippen LogP contribution is -2.31. The molecule has 0 bridgehead atoms. The van der Waals surface area contributed by atoms with Crippen molar-refractivity contribution in [1.82, 2.24) is 10.3 Å². The maximum absolute atomic E-state index is 12.4. The van der Waals surface area contributed by atoms with E-state index in [4.69, 9.17) is 0 Å². The maximum Gasteiger partial charge on any atom is 0.387 e. The highest BCUT2D eigenvalue weighted by molar-refractivity contribution is 5.91. The number of hydrogen-bond donors (Lipinski definition) is 2. The molecule has 0 aliphatic heterocycles. The van der Waals surface area contributed by atoms with Crippen LogP contribution < -0.4 is 15.4 Å². The minimum atomic E-state index is -3.14. The first-order chi connectivity index (χ1) is 11.9. The van der Waals surface area contributed by atoms with Crippen molar-refractivity contribution in [3.8, 4) is 5.75 Å². The van der Waals surface area contributed by atoms with Crippen molar-refractivity contribution in [1.29, 1.82) is 0 Å². The Labute approximate surface area is 141 Å². The van der Waals surface area contributed by atoms with E-state index in [2.05, 4.69) is 20.4 Å². The number of alkyl halides is 2. The second kappa shape index (κ2) is 7.99. The van der Waals surface area contributed by atoms with E-state index in [0.29, 0.717) is 0 Å². The SMILES string of the molecule is CC(NC(=O)Nc1cc([N+](=O)[O-])ccc1OC(F)F)c1ccncc1. The summed E-state index contributed by atoms with van der Waals surface area (Å²) < 4.78 is 29.1. The van der Waals surface area contributed by atoms with Crippen LogP contribution in [0.5, 0.6) is 5.75 Å². The average Bonchev–Trinajstić information content (AvgIpc) is 2.56. The fourth-order valence-corrected chi connectivity index (χ4v) is 2.02. The summed E-state index contributed by atoms with van der Waals surface area (Å²) in [5.41, 5.74) is 0.154. The molecule has 0 radical (unpaired) electrons. The van der Waals surface area contributed by atoms with E-state index in [1.807, 2.05) is 0 Å². The van der Waals surface area contributed by atoms with Gasteiger partial charge in [-0.15, -0.1) is 0 Å². The molecule has 0 aliphatic carbocycles. The molecule has 1 aromatic heterocycles. The Morgan fingerprint density at radius 2 is 1.96 bits per heavy atom. The topological polar surface area (TPSA) is 106 Å². The van der Waals surface area contributed by atoms with Crippen LogP contribution in [0.3, 0.4) is 0 Å². The second-order valence-corrected chi connectivity index (χ2v) is 4.92. The standard InChI is InChI=1S/C15H14F2N4O4/c1-9(10-4-6-18-7-5-10)19-15(22)20-12-8-11(21(23)24)2-3-13(12)25-14(16)17/h2-9,14H,1H3,(H2,19,20,22). The smallest absolute Gasteiger partial charge is 0.387 e. The summed E-state index contributed by atoms with van der Waals surface area (Å²) in [6.07, 6.45) is 3.11. The zero-order valence-electron chi connectivity index (χ0n) is 13.0. The van der Waals surface area contributed by atoms with E-state index in [1.165, 1.54) is 0 Å². The number of ether oxygens (including phenoxy) is 1. The van der Waals surface area contributed by atoms with E-state index >= 15 is 0 Å². The van der Waals surface area contributed by atoms with Crippen LogP contribution >= 0.6 is 0 Å². The molecule has 0 fully saturated rings. The molecule has 10 heteroatoms. The Kier molecular flexibility index (Phi) is 5.77. The average molecular weight is 352 g/mol. The molecule has 1 atom stereocenters. The zero-order valence-corrected chi connectivity index (χ0v) is 13.0. The van der Waals surface area contributed by atoms with E-state index in [1.54, 1.807) is 31.5 Å². The first-order valence-corrected chi connectivity index (χ1v) is 7.07. The van der Waals surface area contributed by atoms with Gasteiger partial charge in [0.05, 0.1) is 16.7 Å². The van der Waals surface area contributed by atoms with Crippen LogP contribution in [-0.2, 0) is 0 Å². The lowest BCUT2D eigenvalue weighted by atomic mass is 10.1. The number of nitro groups is 1. The van der Waals surface area contributed by atoms with Crippen LogP contribution in [0, 0.1) is 10.1 Å². The van der Waals surface area contributed by atoms with E-state index in [0.717, 1.165) is 23.8 Å². The summed E-state index contributed by atoms with van der Waals surface area (Å²) in [5.74, 6) is -0.382. The number of pyridine rings is 1. The van der Waals surface area contributed by atoms with Crippen molar-refractivity contribution in [3.63, 3.8) is 0 Å². The Morgan fingerprint density at radius 3 is 2.56 bits per heavy atom. The molecule has 0 saturated heterocycles. The molecular formula is C15H14F2N4O4. The van der Waals surface area contributed by atoms with E-state index in [9.17, 15) is 23.7 Å². The van der Waals surface area contributed by atoms with Gasteiger partial charge in [-0.25, -0.2) is 4.79 Å². The van der Waals surface area contributed by atoms with Crippen LogP contribution in [0.1, 0.15) is 18.5 Å². The molecule has 2 aromatic rings. The van der Waals surface area contributed by atoms with Crippen molar-refractivity contribution < 1.29 is 23.2 Å². The fourth-order valence-electron chi connectivity index (χ4n) is 2.02. The molecule has 0 spiro atoms. The van der Waals surface area contributed by atoms with Gasteiger partial charge in [-0.3, -0.25) is 15.1 Å². The molecule has 0 aliphatic rings. The molecule has 25 heavy (non-hydrogen) atoms. The Morgan fingerprint density at radius 1 is 1.28 bits per heavy atom. The number of aromatic nitrogens is 1. The zero-order chi connectivity index (χ0) is 18.4. The summed E-state index contributed by atoms with van der Waals surface area (Å²) in [4.78, 5) is 26.0. The Bertz CT molecular complexity index is 758. The van der Waals surface area contributed by atoms with Crippen LogP contribution in [0.2, 0.25) is 0 Å². The maximum atomic E-state index is 12.4. The predicted molar refractivity (Wildman–Crippen MR) is 84.5 cm³/mol. The number of halogens is 2. The summed E-state index contributed by atoms with van der Waals surface area (Å²) in [7, 11) is 0. The van der Waals surface area contributed by atoms with Gasteiger partial charge in [0, 0.05) is 24.5 Å². The van der Waals surface area contributed by atoms with Crippen molar-refractivity contribution in [2.75, 3.05) is 5.32 Å². The number of urea groups is 1. The fraction of sp³-hybridized carbons (Fsp3) is 0.200. The van der Waals surface area contributed by atoms with Gasteiger partial charge >= 0.3 is 12.6 Å². The highest BCUT2D eigenvalue weighted by Crippen LogP contribution is 2.30. The molecule has 2 N–H and O–H groups in total. The van der Waals surface area contributed by atoms with Crippen molar-refractivity contribution in [3.05, 3.63) is 58.4 Å². The van der Waals surface area contributed by atoms with Gasteiger partial charge in [-0.05, 0) is 30.7 Å². The minimum absolute atomic E-state index is 0.242. The van der Waals surface area contributed by atoms with Gasteiger partial charge in [0.25, 0.3) is 5.69 Å². The highest BCUT2D eigenvalue weighted by Gasteiger charge is 2.17. The van der Waals surface area contributed by atoms with Crippen molar-refractivity contribution >= 4 is 17.4 Å². The predicted octanol–water partition coefficient (Wildman–Crippen LogP) is 3.47. The number of nitrogens with one attached hydrogen (secondary N) is 2. The number of carbonyl (C=O) groups excluding carboxylic acids is 1. The number of amides is 2. The summed E-state index contributed by atoms with van der Waals surface area (Å²) in [6, 6.07) is 5.19. The first-order valence-electron chi connectivity index (χ1n) is 7.07. The normalized spacial score (nSPS) is 11.7. The van der Waals surface area contributed by atoms with Crippen LogP contribution in [0.4, 0.5) is 25.0 Å². The van der Waals surface area contributed by atoms with E-state index < -0.39 is 23.6 Å². The van der Waals surface area contributed by atoms with Crippen molar-refractivity contribution in [2.45, 2.75) is 19.6 Å². The molecule has 2 rings (SSSR count). The third kappa shape index (κ3) is 5.09. The van der Waals surface area contributed by atoms with E-state index in [-0.39, 0.29) is 17.1 Å². The summed E-state index contributed by atoms with van der Waals surface area (Å²) in [6.45, 7) is -1.43. The number of anilines is 1. The molecular weight excluding hydrogens is 338 g/mol. The number of rotatable bonds is 6. The first kappa shape index (κ1) is 18.0.